The second-order valence-corrected chi connectivity index (χ2v) is 15.1. The van der Waals surface area contributed by atoms with E-state index in [0.29, 0.717) is 29.0 Å². The van der Waals surface area contributed by atoms with Crippen LogP contribution in [0.5, 0.6) is 5.75 Å². The molecule has 1 aliphatic heterocycles. The number of hydrogen-bond donors (Lipinski definition) is 2. The van der Waals surface area contributed by atoms with Crippen LogP contribution in [0, 0.1) is 5.82 Å². The Morgan fingerprint density at radius 1 is 0.959 bits per heavy atom. The first-order chi connectivity index (χ1) is 23.2. The summed E-state index contributed by atoms with van der Waals surface area (Å²) in [6.07, 6.45) is 3.85. The number of esters is 1. The lowest BCUT2D eigenvalue weighted by Crippen LogP contribution is -2.34. The first-order valence-electron chi connectivity index (χ1n) is 17.4. The molecule has 8 nitrogen and oxygen atoms in total. The monoisotopic (exact) mass is 674 g/mol. The highest BCUT2D eigenvalue weighted by Gasteiger charge is 2.29. The summed E-state index contributed by atoms with van der Waals surface area (Å²) in [6.45, 7) is 14.1. The molecule has 0 radical (unpaired) electrons. The van der Waals surface area contributed by atoms with Gasteiger partial charge in [-0.05, 0) is 115 Å². The van der Waals surface area contributed by atoms with Crippen molar-refractivity contribution in [1.29, 1.82) is 0 Å². The van der Waals surface area contributed by atoms with Gasteiger partial charge >= 0.3 is 12.1 Å². The van der Waals surface area contributed by atoms with Crippen molar-refractivity contribution in [2.45, 2.75) is 116 Å². The van der Waals surface area contributed by atoms with E-state index in [4.69, 9.17) is 18.9 Å². The molecule has 2 N–H and O–H groups in total. The number of halogens is 1. The zero-order valence-electron chi connectivity index (χ0n) is 29.9. The topological polar surface area (TPSA) is 95.1 Å². The van der Waals surface area contributed by atoms with Gasteiger partial charge in [0.05, 0.1) is 18.6 Å². The molecule has 5 rings (SSSR count). The van der Waals surface area contributed by atoms with Gasteiger partial charge in [0.15, 0.2) is 0 Å². The zero-order valence-corrected chi connectivity index (χ0v) is 29.9. The lowest BCUT2D eigenvalue weighted by atomic mass is 9.85. The number of anilines is 1. The molecule has 1 aliphatic carbocycles. The standard InChI is InChI=1S/C40H51FN2O6/c1-25(43-38(45)49-40(5,6)7)29-15-10-16-30(37(29)41)27-21-32-31(33(22-27)42-24-28-14-12-20-46-28)17-11-19-35(32)47-34-18-9-8-13-26(34)23-36(44)48-39(2,3)4/h8-10,13,15-16,18,21-22,25,28,35,42H,11-12,14,17,19-20,23-24H2,1-7H3,(H,43,45)/t25-,28-,35?/m1/s1. The summed E-state index contributed by atoms with van der Waals surface area (Å²) in [5, 5.41) is 6.41. The SMILES string of the molecule is C[C@@H](NC(=O)OC(C)(C)C)c1cccc(-c2cc(NC[C@H]3CCCO3)c3c(c2)C(Oc2ccccc2CC(=O)OC(C)(C)C)CCC3)c1F. The van der Waals surface area contributed by atoms with E-state index in [-0.39, 0.29) is 24.6 Å². The average Bonchev–Trinajstić information content (AvgIpc) is 3.53. The van der Waals surface area contributed by atoms with Crippen LogP contribution in [0.1, 0.15) is 109 Å². The molecule has 1 amide bonds. The normalized spacial score (nSPS) is 18.3. The molecule has 2 aliphatic rings. The van der Waals surface area contributed by atoms with E-state index in [9.17, 15) is 9.59 Å². The summed E-state index contributed by atoms with van der Waals surface area (Å²) in [6, 6.07) is 16.2. The molecule has 1 saturated heterocycles. The van der Waals surface area contributed by atoms with E-state index in [1.165, 1.54) is 0 Å². The number of benzene rings is 3. The fourth-order valence-corrected chi connectivity index (χ4v) is 6.47. The molecular formula is C40H51FN2O6. The fraction of sp³-hybridized carbons (Fsp3) is 0.500. The molecule has 3 aromatic rings. The number of carbonyl (C=O) groups is 2. The summed E-state index contributed by atoms with van der Waals surface area (Å²) in [7, 11) is 0. The van der Waals surface area contributed by atoms with Crippen molar-refractivity contribution in [3.05, 3.63) is 82.7 Å². The third-order valence-electron chi connectivity index (χ3n) is 8.60. The second kappa shape index (κ2) is 15.2. The number of rotatable bonds is 10. The smallest absolute Gasteiger partial charge is 0.408 e. The summed E-state index contributed by atoms with van der Waals surface area (Å²) >= 11 is 0. The Hall–Kier alpha value is -4.11. The molecule has 49 heavy (non-hydrogen) atoms. The Kier molecular flexibility index (Phi) is 11.2. The first kappa shape index (κ1) is 36.2. The van der Waals surface area contributed by atoms with Gasteiger partial charge in [-0.2, -0.15) is 0 Å². The van der Waals surface area contributed by atoms with Crippen LogP contribution >= 0.6 is 0 Å². The number of carbonyl (C=O) groups excluding carboxylic acids is 2. The average molecular weight is 675 g/mol. The van der Waals surface area contributed by atoms with Crippen LogP contribution in [0.25, 0.3) is 11.1 Å². The predicted molar refractivity (Wildman–Crippen MR) is 189 cm³/mol. The minimum absolute atomic E-state index is 0.0920. The maximum absolute atomic E-state index is 16.4. The maximum Gasteiger partial charge on any atom is 0.408 e. The molecule has 0 bridgehead atoms. The fourth-order valence-electron chi connectivity index (χ4n) is 6.47. The van der Waals surface area contributed by atoms with Crippen molar-refractivity contribution in [3.8, 4) is 16.9 Å². The number of ether oxygens (including phenoxy) is 4. The molecule has 0 spiro atoms. The lowest BCUT2D eigenvalue weighted by Gasteiger charge is -2.30. The summed E-state index contributed by atoms with van der Waals surface area (Å²) in [5.74, 6) is -0.103. The molecule has 3 atom stereocenters. The van der Waals surface area contributed by atoms with Crippen LogP contribution in [0.2, 0.25) is 0 Å². The predicted octanol–water partition coefficient (Wildman–Crippen LogP) is 9.01. The number of para-hydroxylation sites is 1. The highest BCUT2D eigenvalue weighted by molar-refractivity contribution is 5.75. The van der Waals surface area contributed by atoms with Gasteiger partial charge in [0.1, 0.15) is 28.9 Å². The molecule has 1 heterocycles. The van der Waals surface area contributed by atoms with Crippen LogP contribution in [-0.2, 0) is 31.8 Å². The lowest BCUT2D eigenvalue weighted by molar-refractivity contribution is -0.153. The number of hydrogen-bond acceptors (Lipinski definition) is 7. The van der Waals surface area contributed by atoms with Gasteiger partial charge in [0, 0.05) is 35.5 Å². The Balaban J connectivity index is 1.49. The largest absolute Gasteiger partial charge is 0.485 e. The van der Waals surface area contributed by atoms with Gasteiger partial charge in [0.2, 0.25) is 0 Å². The van der Waals surface area contributed by atoms with Gasteiger partial charge in [0.25, 0.3) is 0 Å². The van der Waals surface area contributed by atoms with Crippen molar-refractivity contribution in [2.24, 2.45) is 0 Å². The van der Waals surface area contributed by atoms with Crippen molar-refractivity contribution < 1.29 is 32.9 Å². The van der Waals surface area contributed by atoms with E-state index in [2.05, 4.69) is 10.6 Å². The van der Waals surface area contributed by atoms with E-state index in [0.717, 1.165) is 61.1 Å². The van der Waals surface area contributed by atoms with Crippen LogP contribution in [-0.4, -0.2) is 42.5 Å². The zero-order chi connectivity index (χ0) is 35.3. The molecule has 264 valence electrons. The quantitative estimate of drug-likeness (QED) is 0.207. The highest BCUT2D eigenvalue weighted by atomic mass is 19.1. The Morgan fingerprint density at radius 2 is 1.71 bits per heavy atom. The van der Waals surface area contributed by atoms with Crippen molar-refractivity contribution >= 4 is 17.7 Å². The minimum atomic E-state index is -0.672. The Morgan fingerprint density at radius 3 is 2.43 bits per heavy atom. The van der Waals surface area contributed by atoms with Gasteiger partial charge in [-0.1, -0.05) is 36.4 Å². The third kappa shape index (κ3) is 9.75. The van der Waals surface area contributed by atoms with Gasteiger partial charge in [-0.3, -0.25) is 4.79 Å². The van der Waals surface area contributed by atoms with E-state index in [1.807, 2.05) is 57.2 Å². The van der Waals surface area contributed by atoms with Crippen LogP contribution < -0.4 is 15.4 Å². The third-order valence-corrected chi connectivity index (χ3v) is 8.60. The van der Waals surface area contributed by atoms with Gasteiger partial charge < -0.3 is 29.6 Å². The molecule has 3 aromatic carbocycles. The van der Waals surface area contributed by atoms with E-state index in [1.54, 1.807) is 45.9 Å². The van der Waals surface area contributed by atoms with Crippen LogP contribution in [0.4, 0.5) is 14.9 Å². The molecule has 0 aromatic heterocycles. The van der Waals surface area contributed by atoms with Crippen molar-refractivity contribution in [2.75, 3.05) is 18.5 Å². The van der Waals surface area contributed by atoms with E-state index >= 15 is 4.39 Å². The number of alkyl carbamates (subject to hydrolysis) is 1. The minimum Gasteiger partial charge on any atom is -0.485 e. The van der Waals surface area contributed by atoms with Gasteiger partial charge in [-0.15, -0.1) is 0 Å². The van der Waals surface area contributed by atoms with E-state index < -0.39 is 29.2 Å². The molecule has 1 unspecified atom stereocenters. The second-order valence-electron chi connectivity index (χ2n) is 15.1. The number of amides is 1. The summed E-state index contributed by atoms with van der Waals surface area (Å²) in [4.78, 5) is 25.3. The van der Waals surface area contributed by atoms with Crippen LogP contribution in [0.3, 0.4) is 0 Å². The Bertz CT molecular complexity index is 1640. The highest BCUT2D eigenvalue weighted by Crippen LogP contribution is 2.42. The number of fused-ring (bicyclic) bond motifs is 1. The molecular weight excluding hydrogens is 623 g/mol. The molecule has 0 saturated carbocycles. The maximum atomic E-state index is 16.4. The Labute approximate surface area is 290 Å². The van der Waals surface area contributed by atoms with Gasteiger partial charge in [-0.25, -0.2) is 9.18 Å². The van der Waals surface area contributed by atoms with Crippen molar-refractivity contribution in [3.63, 3.8) is 0 Å². The summed E-state index contributed by atoms with van der Waals surface area (Å²) in [5.41, 5.74) is 4.03. The molecule has 1 fully saturated rings. The summed E-state index contributed by atoms with van der Waals surface area (Å²) < 4.78 is 40.1. The molecule has 9 heteroatoms. The number of nitrogens with one attached hydrogen (secondary N) is 2. The van der Waals surface area contributed by atoms with Crippen LogP contribution in [0.15, 0.2) is 54.6 Å². The first-order valence-corrected chi connectivity index (χ1v) is 17.4. The van der Waals surface area contributed by atoms with Crippen molar-refractivity contribution in [1.82, 2.24) is 5.32 Å².